The van der Waals surface area contributed by atoms with E-state index in [4.69, 9.17) is 11.5 Å². The van der Waals surface area contributed by atoms with Gasteiger partial charge in [-0.3, -0.25) is 9.78 Å². The fraction of sp³-hybridized carbons (Fsp3) is 0. The van der Waals surface area contributed by atoms with E-state index in [1.54, 1.807) is 18.3 Å². The van der Waals surface area contributed by atoms with Gasteiger partial charge >= 0.3 is 0 Å². The van der Waals surface area contributed by atoms with Gasteiger partial charge in [-0.15, -0.1) is 0 Å². The predicted molar refractivity (Wildman–Crippen MR) is 80.0 cm³/mol. The Hall–Kier alpha value is -2.60. The number of carbonyl (C=O) groups excluding carboxylic acids is 1. The van der Waals surface area contributed by atoms with Crippen LogP contribution in [0.5, 0.6) is 0 Å². The largest absolute Gasteiger partial charge is 0.382 e. The highest BCUT2D eigenvalue weighted by molar-refractivity contribution is 6.92. The topological polar surface area (TPSA) is 136 Å². The molecule has 3 aromatic heterocycles. The normalized spacial score (nSPS) is 9.20. The Morgan fingerprint density at radius 1 is 1.25 bits per heavy atom. The minimum Gasteiger partial charge on any atom is -0.382 e. The predicted octanol–water partition coefficient (Wildman–Crippen LogP) is 0.174. The van der Waals surface area contributed by atoms with Crippen LogP contribution >= 0.6 is 9.90 Å². The number of hydrogen-bond donors (Lipinski definition) is 3. The van der Waals surface area contributed by atoms with Crippen molar-refractivity contribution >= 4 is 32.8 Å². The molecule has 3 heterocycles. The molecule has 8 nitrogen and oxygen atoms in total. The third-order valence-corrected chi connectivity index (χ3v) is 2.20. The lowest BCUT2D eigenvalue weighted by Gasteiger charge is -1.89. The smallest absolute Gasteiger partial charge is 0.250 e. The van der Waals surface area contributed by atoms with Crippen molar-refractivity contribution in [1.82, 2.24) is 24.9 Å². The molecule has 0 aliphatic rings. The number of nitrogens with zero attached hydrogens (tertiary/aromatic N) is 4. The maximum atomic E-state index is 10.4. The average Bonchev–Trinajstić information content (AvgIpc) is 2.90. The van der Waals surface area contributed by atoms with Crippen molar-refractivity contribution in [3.63, 3.8) is 0 Å². The number of nitrogens with one attached hydrogen (secondary N) is 1. The van der Waals surface area contributed by atoms with E-state index in [0.717, 1.165) is 0 Å². The summed E-state index contributed by atoms with van der Waals surface area (Å²) in [5, 5.41) is 0. The number of nitrogen functional groups attached to an aromatic ring is 1. The van der Waals surface area contributed by atoms with Crippen molar-refractivity contribution in [2.75, 3.05) is 5.73 Å². The lowest BCUT2D eigenvalue weighted by Crippen LogP contribution is -2.10. The fourth-order valence-electron chi connectivity index (χ4n) is 1.29. The minimum atomic E-state index is -0.442. The van der Waals surface area contributed by atoms with Crippen LogP contribution in [0.1, 0.15) is 10.4 Å². The molecule has 104 valence electrons. The van der Waals surface area contributed by atoms with E-state index in [1.165, 1.54) is 18.9 Å². The number of primary amides is 1. The second kappa shape index (κ2) is 7.10. The zero-order valence-electron chi connectivity index (χ0n) is 10.5. The molecule has 3 aromatic rings. The van der Waals surface area contributed by atoms with E-state index in [-0.39, 0.29) is 9.90 Å². The summed E-state index contributed by atoms with van der Waals surface area (Å²) in [5.74, 6) is -0.00870. The highest BCUT2D eigenvalue weighted by Crippen LogP contribution is 2.09. The van der Waals surface area contributed by atoms with Gasteiger partial charge in [-0.2, -0.15) is 9.90 Å². The van der Waals surface area contributed by atoms with Gasteiger partial charge < -0.3 is 16.5 Å². The van der Waals surface area contributed by atoms with E-state index in [9.17, 15) is 4.79 Å². The number of H-pyrrole nitrogens is 1. The Morgan fingerprint density at radius 3 is 2.60 bits per heavy atom. The first-order valence-electron chi connectivity index (χ1n) is 5.28. The lowest BCUT2D eigenvalue weighted by molar-refractivity contribution is 0.1000. The summed E-state index contributed by atoms with van der Waals surface area (Å²) in [4.78, 5) is 28.5. The Labute approximate surface area is 117 Å². The van der Waals surface area contributed by atoms with Gasteiger partial charge in [0, 0.05) is 12.4 Å². The molecule has 5 N–H and O–H groups in total. The quantitative estimate of drug-likeness (QED) is 0.547. The lowest BCUT2D eigenvalue weighted by atomic mass is 10.3. The first-order valence-corrected chi connectivity index (χ1v) is 5.28. The number of imidazole rings is 1. The summed E-state index contributed by atoms with van der Waals surface area (Å²) < 4.78 is 0. The maximum absolute atomic E-state index is 10.4. The molecule has 0 spiro atoms. The van der Waals surface area contributed by atoms with Gasteiger partial charge in [-0.05, 0) is 12.1 Å². The summed E-state index contributed by atoms with van der Waals surface area (Å²) >= 11 is 0. The summed E-state index contributed by atoms with van der Waals surface area (Å²) in [5.41, 5.74) is 12.2. The summed E-state index contributed by atoms with van der Waals surface area (Å²) in [6.07, 6.45) is 5.95. The number of carbonyl (C=O) groups is 1. The van der Waals surface area contributed by atoms with Crippen LogP contribution < -0.4 is 11.5 Å². The molecule has 20 heavy (non-hydrogen) atoms. The molecule has 0 aliphatic heterocycles. The molecule has 0 saturated carbocycles. The number of fused-ring (bicyclic) bond motifs is 1. The third kappa shape index (κ3) is 3.69. The molecule has 1 amide bonds. The number of nitrogens with two attached hydrogens (primary N) is 2. The number of hydrogen-bond acceptors (Lipinski definition) is 6. The number of anilines is 1. The number of aromatic amines is 1. The molecule has 1 unspecified atom stereocenters. The molecule has 0 aromatic carbocycles. The van der Waals surface area contributed by atoms with Crippen molar-refractivity contribution < 1.29 is 4.79 Å². The second-order valence-corrected chi connectivity index (χ2v) is 3.47. The van der Waals surface area contributed by atoms with Gasteiger partial charge in [0.1, 0.15) is 11.8 Å². The first kappa shape index (κ1) is 15.5. The summed E-state index contributed by atoms with van der Waals surface area (Å²) in [6.45, 7) is 0. The van der Waals surface area contributed by atoms with Gasteiger partial charge in [-0.1, -0.05) is 0 Å². The maximum Gasteiger partial charge on any atom is 0.250 e. The highest BCUT2D eigenvalue weighted by atomic mass is 31.0. The molecular formula is C11H14N7OP. The van der Waals surface area contributed by atoms with E-state index < -0.39 is 5.91 Å². The number of rotatable bonds is 1. The highest BCUT2D eigenvalue weighted by Gasteiger charge is 1.99. The molecule has 9 heteroatoms. The fourth-order valence-corrected chi connectivity index (χ4v) is 1.29. The van der Waals surface area contributed by atoms with Crippen LogP contribution in [0.25, 0.3) is 11.2 Å². The van der Waals surface area contributed by atoms with Crippen molar-refractivity contribution in [3.8, 4) is 0 Å². The van der Waals surface area contributed by atoms with Crippen LogP contribution in [0.3, 0.4) is 0 Å². The standard InChI is InChI=1S/C6H6N2O.C5H5N5.H3P/c7-6(9)5-2-1-3-8-4-5;6-4-3-5(9-1-7-3)10-2-8-4;/h1-4H,(H2,7,9);1-2H,(H3,6,7,8,9,10);1H3. The second-order valence-electron chi connectivity index (χ2n) is 3.47. The van der Waals surface area contributed by atoms with Crippen molar-refractivity contribution in [1.29, 1.82) is 0 Å². The van der Waals surface area contributed by atoms with Crippen molar-refractivity contribution in [3.05, 3.63) is 42.7 Å². The van der Waals surface area contributed by atoms with E-state index in [1.807, 2.05) is 0 Å². The average molecular weight is 291 g/mol. The number of aromatic nitrogens is 5. The molecule has 0 saturated heterocycles. The summed E-state index contributed by atoms with van der Waals surface area (Å²) in [7, 11) is 0. The molecular weight excluding hydrogens is 277 g/mol. The Bertz CT molecular complexity index is 685. The van der Waals surface area contributed by atoms with Gasteiger partial charge in [0.15, 0.2) is 11.5 Å². The molecule has 0 radical (unpaired) electrons. The van der Waals surface area contributed by atoms with Crippen molar-refractivity contribution in [2.45, 2.75) is 0 Å². The number of pyridine rings is 1. The van der Waals surface area contributed by atoms with E-state index in [0.29, 0.717) is 22.5 Å². The van der Waals surface area contributed by atoms with E-state index >= 15 is 0 Å². The Morgan fingerprint density at radius 2 is 2.05 bits per heavy atom. The van der Waals surface area contributed by atoms with Gasteiger partial charge in [0.2, 0.25) is 5.91 Å². The van der Waals surface area contributed by atoms with Gasteiger partial charge in [0.05, 0.1) is 11.9 Å². The van der Waals surface area contributed by atoms with Crippen LogP contribution in [-0.4, -0.2) is 30.8 Å². The van der Waals surface area contributed by atoms with Gasteiger partial charge in [0.25, 0.3) is 0 Å². The minimum absolute atomic E-state index is 0. The van der Waals surface area contributed by atoms with Crippen molar-refractivity contribution in [2.24, 2.45) is 5.73 Å². The zero-order chi connectivity index (χ0) is 13.7. The van der Waals surface area contributed by atoms with Gasteiger partial charge in [-0.25, -0.2) is 15.0 Å². The van der Waals surface area contributed by atoms with E-state index in [2.05, 4.69) is 24.9 Å². The van der Waals surface area contributed by atoms with Crippen LogP contribution in [0.4, 0.5) is 5.82 Å². The first-order chi connectivity index (χ1) is 9.18. The monoisotopic (exact) mass is 291 g/mol. The van der Waals surface area contributed by atoms with Crippen LogP contribution in [0.15, 0.2) is 37.2 Å². The zero-order valence-corrected chi connectivity index (χ0v) is 11.9. The third-order valence-electron chi connectivity index (χ3n) is 2.20. The Kier molecular flexibility index (Phi) is 5.49. The molecule has 0 aliphatic carbocycles. The van der Waals surface area contributed by atoms with Crippen LogP contribution in [0.2, 0.25) is 0 Å². The molecule has 0 bridgehead atoms. The SMILES string of the molecule is NC(=O)c1cccnc1.Nc1ncnc2nc[nH]c12.P. The number of amides is 1. The molecule has 0 fully saturated rings. The van der Waals surface area contributed by atoms with Crippen LogP contribution in [0, 0.1) is 0 Å². The summed E-state index contributed by atoms with van der Waals surface area (Å²) in [6, 6.07) is 3.29. The molecule has 3 rings (SSSR count). The Balaban J connectivity index is 0.000000192. The van der Waals surface area contributed by atoms with Crippen LogP contribution in [-0.2, 0) is 0 Å². The molecule has 1 atom stereocenters.